The number of benzene rings is 1. The molecule has 2 aromatic rings. The molecule has 1 aromatic carbocycles. The maximum absolute atomic E-state index is 4.39. The number of pyridine rings is 1. The van der Waals surface area contributed by atoms with Crippen LogP contribution in [0.4, 0.5) is 11.5 Å². The highest BCUT2D eigenvalue weighted by Gasteiger charge is 2.12. The van der Waals surface area contributed by atoms with Gasteiger partial charge in [-0.25, -0.2) is 4.98 Å². The van der Waals surface area contributed by atoms with Crippen molar-refractivity contribution in [2.24, 2.45) is 0 Å². The molecule has 0 saturated heterocycles. The second-order valence-electron chi connectivity index (χ2n) is 5.19. The van der Waals surface area contributed by atoms with Crippen molar-refractivity contribution in [1.29, 1.82) is 0 Å². The van der Waals surface area contributed by atoms with Gasteiger partial charge in [-0.2, -0.15) is 0 Å². The van der Waals surface area contributed by atoms with E-state index in [1.54, 1.807) is 0 Å². The molecule has 0 amide bonds. The van der Waals surface area contributed by atoms with Crippen molar-refractivity contribution < 1.29 is 0 Å². The van der Waals surface area contributed by atoms with E-state index in [1.165, 1.54) is 16.7 Å². The number of anilines is 2. The first-order chi connectivity index (χ1) is 9.65. The van der Waals surface area contributed by atoms with E-state index in [4.69, 9.17) is 0 Å². The van der Waals surface area contributed by atoms with Gasteiger partial charge in [0, 0.05) is 26.0 Å². The molecule has 0 bridgehead atoms. The molecule has 20 heavy (non-hydrogen) atoms. The number of hydrogen-bond donors (Lipinski definition) is 2. The third-order valence-electron chi connectivity index (χ3n) is 3.76. The summed E-state index contributed by atoms with van der Waals surface area (Å²) in [7, 11) is 3.87. The van der Waals surface area contributed by atoms with Gasteiger partial charge in [-0.3, -0.25) is 0 Å². The van der Waals surface area contributed by atoms with Gasteiger partial charge in [-0.15, -0.1) is 0 Å². The molecule has 0 fully saturated rings. The van der Waals surface area contributed by atoms with Crippen LogP contribution in [0.3, 0.4) is 0 Å². The van der Waals surface area contributed by atoms with E-state index in [2.05, 4.69) is 53.7 Å². The molecule has 2 rings (SSSR count). The zero-order valence-corrected chi connectivity index (χ0v) is 12.7. The zero-order valence-electron chi connectivity index (χ0n) is 12.7. The average Bonchev–Trinajstić information content (AvgIpc) is 2.49. The first-order valence-corrected chi connectivity index (χ1v) is 7.05. The van der Waals surface area contributed by atoms with Gasteiger partial charge in [-0.05, 0) is 54.2 Å². The van der Waals surface area contributed by atoms with E-state index < -0.39 is 0 Å². The second kappa shape index (κ2) is 6.42. The van der Waals surface area contributed by atoms with Crippen LogP contribution in [0.2, 0.25) is 0 Å². The maximum atomic E-state index is 4.39. The number of nitrogens with zero attached hydrogens (tertiary/aromatic N) is 1. The predicted molar refractivity (Wildman–Crippen MR) is 86.6 cm³/mol. The summed E-state index contributed by atoms with van der Waals surface area (Å²) < 4.78 is 0. The Morgan fingerprint density at radius 2 is 1.95 bits per heavy atom. The molecule has 3 heteroatoms. The Morgan fingerprint density at radius 3 is 2.60 bits per heavy atom. The topological polar surface area (TPSA) is 37.0 Å². The molecule has 3 nitrogen and oxygen atoms in total. The molecule has 106 valence electrons. The average molecular weight is 269 g/mol. The molecule has 2 N–H and O–H groups in total. The summed E-state index contributed by atoms with van der Waals surface area (Å²) in [4.78, 5) is 4.39. The Labute approximate surface area is 121 Å². The van der Waals surface area contributed by atoms with Gasteiger partial charge in [0.25, 0.3) is 0 Å². The van der Waals surface area contributed by atoms with Crippen LogP contribution in [0.5, 0.6) is 0 Å². The number of nitrogens with one attached hydrogen (secondary N) is 2. The molecule has 0 radical (unpaired) electrons. The van der Waals surface area contributed by atoms with Crippen LogP contribution in [-0.2, 0) is 6.42 Å². The SMILES string of the molecule is CNc1ccc(CC(C)c2cccnc2NC)c(C)c1. The molecular formula is C17H23N3. The number of aryl methyl sites for hydroxylation is 1. The second-order valence-corrected chi connectivity index (χ2v) is 5.19. The largest absolute Gasteiger partial charge is 0.388 e. The molecule has 0 aliphatic heterocycles. The summed E-state index contributed by atoms with van der Waals surface area (Å²) in [6.45, 7) is 4.42. The van der Waals surface area contributed by atoms with Crippen LogP contribution < -0.4 is 10.6 Å². The maximum Gasteiger partial charge on any atom is 0.129 e. The summed E-state index contributed by atoms with van der Waals surface area (Å²) in [6, 6.07) is 10.7. The molecule has 0 spiro atoms. The molecule has 1 unspecified atom stereocenters. The summed E-state index contributed by atoms with van der Waals surface area (Å²) in [5.74, 6) is 1.41. The standard InChI is InChI=1S/C17H23N3/c1-12-11-15(18-3)8-7-14(12)10-13(2)16-6-5-9-20-17(16)19-4/h5-9,11,13,18H,10H2,1-4H3,(H,19,20). The minimum Gasteiger partial charge on any atom is -0.388 e. The van der Waals surface area contributed by atoms with E-state index in [-0.39, 0.29) is 0 Å². The summed E-state index contributed by atoms with van der Waals surface area (Å²) in [5.41, 5.74) is 5.16. The normalized spacial score (nSPS) is 12.0. The van der Waals surface area contributed by atoms with Crippen molar-refractivity contribution in [3.05, 3.63) is 53.2 Å². The lowest BCUT2D eigenvalue weighted by atomic mass is 9.92. The first kappa shape index (κ1) is 14.4. The van der Waals surface area contributed by atoms with Crippen LogP contribution in [0, 0.1) is 6.92 Å². The monoisotopic (exact) mass is 269 g/mol. The lowest BCUT2D eigenvalue weighted by Crippen LogP contribution is -2.05. The quantitative estimate of drug-likeness (QED) is 0.866. The van der Waals surface area contributed by atoms with Crippen LogP contribution in [0.25, 0.3) is 0 Å². The highest BCUT2D eigenvalue weighted by Crippen LogP contribution is 2.27. The summed E-state index contributed by atoms with van der Waals surface area (Å²) in [6.07, 6.45) is 2.85. The Hall–Kier alpha value is -2.03. The van der Waals surface area contributed by atoms with E-state index in [9.17, 15) is 0 Å². The van der Waals surface area contributed by atoms with Crippen molar-refractivity contribution in [2.75, 3.05) is 24.7 Å². The van der Waals surface area contributed by atoms with Crippen LogP contribution >= 0.6 is 0 Å². The third-order valence-corrected chi connectivity index (χ3v) is 3.76. The molecule has 0 aliphatic rings. The van der Waals surface area contributed by atoms with E-state index in [0.29, 0.717) is 5.92 Å². The van der Waals surface area contributed by atoms with Crippen molar-refractivity contribution in [2.45, 2.75) is 26.2 Å². The van der Waals surface area contributed by atoms with E-state index in [0.717, 1.165) is 17.9 Å². The highest BCUT2D eigenvalue weighted by molar-refractivity contribution is 5.49. The Morgan fingerprint density at radius 1 is 1.15 bits per heavy atom. The van der Waals surface area contributed by atoms with Gasteiger partial charge in [0.1, 0.15) is 5.82 Å². The number of aromatic nitrogens is 1. The smallest absolute Gasteiger partial charge is 0.129 e. The van der Waals surface area contributed by atoms with Gasteiger partial charge < -0.3 is 10.6 Å². The van der Waals surface area contributed by atoms with Crippen LogP contribution in [0.1, 0.15) is 29.5 Å². The van der Waals surface area contributed by atoms with Crippen molar-refractivity contribution in [3.63, 3.8) is 0 Å². The fraction of sp³-hybridized carbons (Fsp3) is 0.353. The lowest BCUT2D eigenvalue weighted by Gasteiger charge is -2.17. The van der Waals surface area contributed by atoms with Crippen molar-refractivity contribution in [3.8, 4) is 0 Å². The Bertz CT molecular complexity index is 578. The van der Waals surface area contributed by atoms with E-state index in [1.807, 2.05) is 26.4 Å². The molecule has 1 aromatic heterocycles. The fourth-order valence-corrected chi connectivity index (χ4v) is 2.54. The van der Waals surface area contributed by atoms with Gasteiger partial charge in [0.15, 0.2) is 0 Å². The molecule has 0 aliphatic carbocycles. The van der Waals surface area contributed by atoms with Gasteiger partial charge >= 0.3 is 0 Å². The van der Waals surface area contributed by atoms with Gasteiger partial charge in [0.05, 0.1) is 0 Å². The van der Waals surface area contributed by atoms with E-state index >= 15 is 0 Å². The summed E-state index contributed by atoms with van der Waals surface area (Å²) in [5, 5.41) is 6.35. The molecule has 0 saturated carbocycles. The predicted octanol–water partition coefficient (Wildman–Crippen LogP) is 3.82. The van der Waals surface area contributed by atoms with Gasteiger partial charge in [0.2, 0.25) is 0 Å². The van der Waals surface area contributed by atoms with Crippen molar-refractivity contribution in [1.82, 2.24) is 4.98 Å². The van der Waals surface area contributed by atoms with Crippen molar-refractivity contribution >= 4 is 11.5 Å². The number of rotatable bonds is 5. The first-order valence-electron chi connectivity index (χ1n) is 7.05. The Balaban J connectivity index is 2.21. The van der Waals surface area contributed by atoms with Gasteiger partial charge in [-0.1, -0.05) is 19.1 Å². The Kier molecular flexibility index (Phi) is 4.61. The molecule has 1 heterocycles. The minimum absolute atomic E-state index is 0.435. The molecular weight excluding hydrogens is 246 g/mol. The lowest BCUT2D eigenvalue weighted by molar-refractivity contribution is 0.753. The highest BCUT2D eigenvalue weighted by atomic mass is 15.0. The molecule has 1 atom stereocenters. The number of hydrogen-bond acceptors (Lipinski definition) is 3. The zero-order chi connectivity index (χ0) is 14.5. The fourth-order valence-electron chi connectivity index (χ4n) is 2.54. The third kappa shape index (κ3) is 3.10. The summed E-state index contributed by atoms with van der Waals surface area (Å²) >= 11 is 0. The minimum atomic E-state index is 0.435. The van der Waals surface area contributed by atoms with Crippen LogP contribution in [0.15, 0.2) is 36.5 Å². The van der Waals surface area contributed by atoms with Crippen LogP contribution in [-0.4, -0.2) is 19.1 Å².